The fourth-order valence-corrected chi connectivity index (χ4v) is 4.00. The number of methoxy groups -OCH3 is 3. The highest BCUT2D eigenvalue weighted by molar-refractivity contribution is 7.80. The van der Waals surface area contributed by atoms with Crippen molar-refractivity contribution < 1.29 is 28.5 Å². The van der Waals surface area contributed by atoms with Gasteiger partial charge in [0.1, 0.15) is 17.2 Å². The molecule has 1 fully saturated rings. The standard InChI is InChI=1S/C27H25N3O6S/c1-33-21-10-6-4-8-18(21)28-25(31)16-36-23-13-12-17(15-24(23)35-3)14-19-26(32)30(27(37)29-19)20-9-5-7-11-22(20)34-2/h4-15H,16H2,1-3H3,(H,28,31)(H,29,37)/b19-14+. The maximum atomic E-state index is 13.1. The summed E-state index contributed by atoms with van der Waals surface area (Å²) in [6, 6.07) is 19.3. The van der Waals surface area contributed by atoms with E-state index >= 15 is 0 Å². The van der Waals surface area contributed by atoms with Gasteiger partial charge in [-0.05, 0) is 60.3 Å². The van der Waals surface area contributed by atoms with Crippen LogP contribution in [0, 0.1) is 0 Å². The molecule has 0 unspecified atom stereocenters. The molecule has 1 saturated heterocycles. The van der Waals surface area contributed by atoms with Crippen molar-refractivity contribution >= 4 is 46.6 Å². The zero-order chi connectivity index (χ0) is 26.4. The quantitative estimate of drug-likeness (QED) is 0.324. The number of para-hydroxylation sites is 4. The van der Waals surface area contributed by atoms with Crippen LogP contribution in [0.5, 0.6) is 23.0 Å². The molecule has 190 valence electrons. The van der Waals surface area contributed by atoms with E-state index in [2.05, 4.69) is 10.6 Å². The molecule has 0 bridgehead atoms. The van der Waals surface area contributed by atoms with Crippen LogP contribution >= 0.6 is 12.2 Å². The molecule has 1 aliphatic heterocycles. The highest BCUT2D eigenvalue weighted by Gasteiger charge is 2.33. The highest BCUT2D eigenvalue weighted by atomic mass is 32.1. The Morgan fingerprint density at radius 3 is 2.32 bits per heavy atom. The van der Waals surface area contributed by atoms with Gasteiger partial charge in [0.15, 0.2) is 23.2 Å². The molecule has 0 aromatic heterocycles. The molecule has 3 aromatic rings. The fraction of sp³-hybridized carbons (Fsp3) is 0.148. The van der Waals surface area contributed by atoms with Crippen molar-refractivity contribution in [1.82, 2.24) is 5.32 Å². The molecule has 1 heterocycles. The van der Waals surface area contributed by atoms with Gasteiger partial charge in [-0.2, -0.15) is 0 Å². The first-order chi connectivity index (χ1) is 17.9. The lowest BCUT2D eigenvalue weighted by Gasteiger charge is -2.17. The average molecular weight is 520 g/mol. The van der Waals surface area contributed by atoms with Crippen LogP contribution in [0.2, 0.25) is 0 Å². The van der Waals surface area contributed by atoms with Gasteiger partial charge in [0.05, 0.1) is 32.7 Å². The van der Waals surface area contributed by atoms with Crippen LogP contribution in [0.15, 0.2) is 72.4 Å². The number of carbonyl (C=O) groups excluding carboxylic acids is 2. The molecule has 0 radical (unpaired) electrons. The number of carbonyl (C=O) groups is 2. The minimum absolute atomic E-state index is 0.239. The third-order valence-electron chi connectivity index (χ3n) is 5.44. The van der Waals surface area contributed by atoms with E-state index in [9.17, 15) is 9.59 Å². The Bertz CT molecular complexity index is 1370. The van der Waals surface area contributed by atoms with E-state index in [1.807, 2.05) is 12.1 Å². The molecule has 0 spiro atoms. The number of amides is 2. The number of benzene rings is 3. The van der Waals surface area contributed by atoms with E-state index in [1.54, 1.807) is 60.7 Å². The lowest BCUT2D eigenvalue weighted by molar-refractivity contribution is -0.118. The Labute approximate surface area is 219 Å². The summed E-state index contributed by atoms with van der Waals surface area (Å²) in [4.78, 5) is 26.9. The lowest BCUT2D eigenvalue weighted by Crippen LogP contribution is -2.30. The largest absolute Gasteiger partial charge is 0.495 e. The number of thiocarbonyl (C=S) groups is 1. The molecule has 9 nitrogen and oxygen atoms in total. The number of nitrogens with one attached hydrogen (secondary N) is 2. The van der Waals surface area contributed by atoms with Gasteiger partial charge in [-0.25, -0.2) is 4.90 Å². The monoisotopic (exact) mass is 519 g/mol. The van der Waals surface area contributed by atoms with E-state index in [0.717, 1.165) is 0 Å². The zero-order valence-electron chi connectivity index (χ0n) is 20.4. The SMILES string of the molecule is COc1ccccc1NC(=O)COc1ccc(/C=C2/NC(=S)N(c3ccccc3OC)C2=O)cc1OC. The molecule has 4 rings (SSSR count). The summed E-state index contributed by atoms with van der Waals surface area (Å²) >= 11 is 5.40. The fourth-order valence-electron chi connectivity index (χ4n) is 3.71. The predicted molar refractivity (Wildman–Crippen MR) is 144 cm³/mol. The van der Waals surface area contributed by atoms with Crippen LogP contribution in [0.4, 0.5) is 11.4 Å². The summed E-state index contributed by atoms with van der Waals surface area (Å²) in [5, 5.41) is 5.95. The Balaban J connectivity index is 1.47. The second-order valence-electron chi connectivity index (χ2n) is 7.75. The van der Waals surface area contributed by atoms with E-state index in [1.165, 1.54) is 26.2 Å². The van der Waals surface area contributed by atoms with Crippen molar-refractivity contribution in [2.45, 2.75) is 0 Å². The normalized spacial score (nSPS) is 13.8. The van der Waals surface area contributed by atoms with Crippen LogP contribution in [-0.2, 0) is 9.59 Å². The van der Waals surface area contributed by atoms with Crippen LogP contribution in [0.1, 0.15) is 5.56 Å². The minimum atomic E-state index is -0.358. The van der Waals surface area contributed by atoms with Crippen molar-refractivity contribution in [1.29, 1.82) is 0 Å². The smallest absolute Gasteiger partial charge is 0.281 e. The molecular formula is C27H25N3O6S. The van der Waals surface area contributed by atoms with Crippen LogP contribution in [0.25, 0.3) is 6.08 Å². The van der Waals surface area contributed by atoms with Gasteiger partial charge in [0.25, 0.3) is 11.8 Å². The summed E-state index contributed by atoms with van der Waals surface area (Å²) in [6.07, 6.45) is 1.66. The van der Waals surface area contributed by atoms with Crippen molar-refractivity contribution in [3.8, 4) is 23.0 Å². The molecule has 37 heavy (non-hydrogen) atoms. The Morgan fingerprint density at radius 1 is 0.919 bits per heavy atom. The molecule has 2 N–H and O–H groups in total. The van der Waals surface area contributed by atoms with Gasteiger partial charge in [-0.15, -0.1) is 0 Å². The maximum absolute atomic E-state index is 13.1. The zero-order valence-corrected chi connectivity index (χ0v) is 21.3. The number of anilines is 2. The van der Waals surface area contributed by atoms with E-state index in [0.29, 0.717) is 45.6 Å². The third kappa shape index (κ3) is 5.65. The Morgan fingerprint density at radius 2 is 1.59 bits per heavy atom. The first kappa shape index (κ1) is 25.5. The van der Waals surface area contributed by atoms with Crippen LogP contribution < -0.4 is 34.5 Å². The first-order valence-corrected chi connectivity index (χ1v) is 11.6. The summed E-state index contributed by atoms with van der Waals surface area (Å²) in [5.41, 5.74) is 2.05. The molecule has 2 amide bonds. The first-order valence-electron chi connectivity index (χ1n) is 11.2. The maximum Gasteiger partial charge on any atom is 0.281 e. The number of ether oxygens (including phenoxy) is 4. The highest BCUT2D eigenvalue weighted by Crippen LogP contribution is 2.33. The molecule has 10 heteroatoms. The summed E-state index contributed by atoms with van der Waals surface area (Å²) in [5.74, 6) is 1.17. The summed E-state index contributed by atoms with van der Waals surface area (Å²) < 4.78 is 21.7. The van der Waals surface area contributed by atoms with Crippen molar-refractivity contribution in [2.75, 3.05) is 38.2 Å². The lowest BCUT2D eigenvalue weighted by atomic mass is 10.1. The van der Waals surface area contributed by atoms with Crippen molar-refractivity contribution in [3.05, 3.63) is 78.0 Å². The molecule has 0 atom stereocenters. The number of hydrogen-bond acceptors (Lipinski definition) is 7. The second-order valence-corrected chi connectivity index (χ2v) is 8.13. The molecule has 3 aromatic carbocycles. The summed E-state index contributed by atoms with van der Waals surface area (Å²) in [6.45, 7) is -0.239. The number of hydrogen-bond donors (Lipinski definition) is 2. The topological polar surface area (TPSA) is 98.4 Å². The Kier molecular flexibility index (Phi) is 7.89. The molecule has 0 aliphatic carbocycles. The van der Waals surface area contributed by atoms with E-state index < -0.39 is 0 Å². The van der Waals surface area contributed by atoms with Gasteiger partial charge in [-0.1, -0.05) is 30.3 Å². The molecule has 0 saturated carbocycles. The van der Waals surface area contributed by atoms with E-state index in [-0.39, 0.29) is 23.5 Å². The van der Waals surface area contributed by atoms with Gasteiger partial charge < -0.3 is 29.6 Å². The molecule has 1 aliphatic rings. The molecular weight excluding hydrogens is 494 g/mol. The summed E-state index contributed by atoms with van der Waals surface area (Å²) in [7, 11) is 4.55. The van der Waals surface area contributed by atoms with Gasteiger partial charge >= 0.3 is 0 Å². The van der Waals surface area contributed by atoms with Gasteiger partial charge in [0.2, 0.25) is 0 Å². The van der Waals surface area contributed by atoms with Crippen LogP contribution in [-0.4, -0.2) is 44.9 Å². The van der Waals surface area contributed by atoms with Gasteiger partial charge in [-0.3, -0.25) is 9.59 Å². The third-order valence-corrected chi connectivity index (χ3v) is 5.73. The van der Waals surface area contributed by atoms with Crippen molar-refractivity contribution in [2.24, 2.45) is 0 Å². The number of nitrogens with zero attached hydrogens (tertiary/aromatic N) is 1. The average Bonchev–Trinajstić information content (AvgIpc) is 3.19. The van der Waals surface area contributed by atoms with Crippen LogP contribution in [0.3, 0.4) is 0 Å². The van der Waals surface area contributed by atoms with Gasteiger partial charge in [0, 0.05) is 0 Å². The predicted octanol–water partition coefficient (Wildman–Crippen LogP) is 3.99. The minimum Gasteiger partial charge on any atom is -0.495 e. The Hall–Kier alpha value is -4.57. The van der Waals surface area contributed by atoms with Crippen molar-refractivity contribution in [3.63, 3.8) is 0 Å². The number of rotatable bonds is 9. The second kappa shape index (κ2) is 11.4. The van der Waals surface area contributed by atoms with E-state index in [4.69, 9.17) is 31.2 Å².